The molecule has 0 fully saturated rings. The van der Waals surface area contributed by atoms with E-state index in [4.69, 9.17) is 9.47 Å². The molecule has 0 bridgehead atoms. The highest BCUT2D eigenvalue weighted by Crippen LogP contribution is 2.07. The maximum atomic E-state index is 13.3. The molecule has 0 aliphatic carbocycles. The Morgan fingerprint density at radius 2 is 2.10 bits per heavy atom. The van der Waals surface area contributed by atoms with Crippen molar-refractivity contribution in [3.8, 4) is 0 Å². The molecular weight excluding hydrogens is 261 g/mol. The van der Waals surface area contributed by atoms with E-state index >= 15 is 0 Å². The smallest absolute Gasteiger partial charge is 0.128 e. The molecule has 0 aromatic heterocycles. The molecule has 0 aliphatic rings. The number of aliphatic hydroxyl groups excluding tert-OH is 1. The quantitative estimate of drug-likeness (QED) is 0.608. The molecule has 1 rings (SSSR count). The standard InChI is InChI=1S/C15H24FNO3/c1-19-9-5-4-8-17-10-14(18)12-20-11-13-6-2-3-7-15(13)16/h2-3,6-7,14,17-18H,4-5,8-12H2,1H3. The Morgan fingerprint density at radius 3 is 2.85 bits per heavy atom. The minimum atomic E-state index is -0.579. The zero-order valence-electron chi connectivity index (χ0n) is 12.0. The SMILES string of the molecule is COCCCCNCC(O)COCc1ccccc1F. The number of hydrogen-bond acceptors (Lipinski definition) is 4. The molecule has 0 saturated heterocycles. The summed E-state index contributed by atoms with van der Waals surface area (Å²) in [7, 11) is 1.68. The lowest BCUT2D eigenvalue weighted by atomic mass is 10.2. The largest absolute Gasteiger partial charge is 0.389 e. The molecule has 0 saturated carbocycles. The first kappa shape index (κ1) is 17.0. The fourth-order valence-corrected chi connectivity index (χ4v) is 1.74. The molecule has 5 heteroatoms. The first-order valence-electron chi connectivity index (χ1n) is 6.93. The second kappa shape index (κ2) is 10.7. The lowest BCUT2D eigenvalue weighted by Crippen LogP contribution is -2.31. The summed E-state index contributed by atoms with van der Waals surface area (Å²) >= 11 is 0. The van der Waals surface area contributed by atoms with E-state index in [1.165, 1.54) is 6.07 Å². The zero-order valence-corrected chi connectivity index (χ0v) is 12.0. The van der Waals surface area contributed by atoms with Gasteiger partial charge in [0.25, 0.3) is 0 Å². The Labute approximate surface area is 119 Å². The van der Waals surface area contributed by atoms with Crippen molar-refractivity contribution in [1.29, 1.82) is 0 Å². The molecular formula is C15H24FNO3. The van der Waals surface area contributed by atoms with Gasteiger partial charge in [-0.25, -0.2) is 4.39 Å². The van der Waals surface area contributed by atoms with Crippen LogP contribution in [0.3, 0.4) is 0 Å². The van der Waals surface area contributed by atoms with Gasteiger partial charge in [-0.05, 0) is 25.5 Å². The molecule has 0 amide bonds. The first-order valence-corrected chi connectivity index (χ1v) is 6.93. The second-order valence-corrected chi connectivity index (χ2v) is 4.66. The van der Waals surface area contributed by atoms with Crippen LogP contribution in [0.5, 0.6) is 0 Å². The van der Waals surface area contributed by atoms with Crippen molar-refractivity contribution in [2.45, 2.75) is 25.6 Å². The van der Waals surface area contributed by atoms with Gasteiger partial charge in [-0.2, -0.15) is 0 Å². The maximum Gasteiger partial charge on any atom is 0.128 e. The summed E-state index contributed by atoms with van der Waals surface area (Å²) in [6.07, 6.45) is 1.43. The number of hydrogen-bond donors (Lipinski definition) is 2. The van der Waals surface area contributed by atoms with E-state index in [1.807, 2.05) is 0 Å². The van der Waals surface area contributed by atoms with E-state index in [2.05, 4.69) is 5.32 Å². The van der Waals surface area contributed by atoms with Crippen molar-refractivity contribution in [3.05, 3.63) is 35.6 Å². The van der Waals surface area contributed by atoms with Gasteiger partial charge in [0.15, 0.2) is 0 Å². The molecule has 114 valence electrons. The van der Waals surface area contributed by atoms with Crippen LogP contribution in [0.25, 0.3) is 0 Å². The Balaban J connectivity index is 2.03. The van der Waals surface area contributed by atoms with Crippen LogP contribution >= 0.6 is 0 Å². The van der Waals surface area contributed by atoms with Crippen molar-refractivity contribution >= 4 is 0 Å². The third-order valence-electron chi connectivity index (χ3n) is 2.86. The van der Waals surface area contributed by atoms with Gasteiger partial charge in [0.2, 0.25) is 0 Å². The second-order valence-electron chi connectivity index (χ2n) is 4.66. The highest BCUT2D eigenvalue weighted by molar-refractivity contribution is 5.16. The van der Waals surface area contributed by atoms with E-state index < -0.39 is 6.10 Å². The van der Waals surface area contributed by atoms with Crippen LogP contribution < -0.4 is 5.32 Å². The lowest BCUT2D eigenvalue weighted by molar-refractivity contribution is 0.0279. The van der Waals surface area contributed by atoms with Gasteiger partial charge < -0.3 is 19.9 Å². The summed E-state index contributed by atoms with van der Waals surface area (Å²) in [6, 6.07) is 6.48. The van der Waals surface area contributed by atoms with E-state index in [9.17, 15) is 9.50 Å². The topological polar surface area (TPSA) is 50.7 Å². The molecule has 1 atom stereocenters. The van der Waals surface area contributed by atoms with Gasteiger partial charge in [-0.1, -0.05) is 18.2 Å². The predicted molar refractivity (Wildman–Crippen MR) is 76.0 cm³/mol. The van der Waals surface area contributed by atoms with E-state index in [1.54, 1.807) is 25.3 Å². The molecule has 0 spiro atoms. The van der Waals surface area contributed by atoms with Crippen molar-refractivity contribution in [2.75, 3.05) is 33.4 Å². The molecule has 0 heterocycles. The fourth-order valence-electron chi connectivity index (χ4n) is 1.74. The number of benzene rings is 1. The molecule has 1 aromatic rings. The van der Waals surface area contributed by atoms with E-state index in [-0.39, 0.29) is 19.0 Å². The number of nitrogens with one attached hydrogen (secondary N) is 1. The lowest BCUT2D eigenvalue weighted by Gasteiger charge is -2.12. The first-order chi connectivity index (χ1) is 9.74. The summed E-state index contributed by atoms with van der Waals surface area (Å²) in [5, 5.41) is 12.8. The predicted octanol–water partition coefficient (Wildman–Crippen LogP) is 1.72. The van der Waals surface area contributed by atoms with Gasteiger partial charge in [-0.15, -0.1) is 0 Å². The van der Waals surface area contributed by atoms with Crippen LogP contribution in [0.4, 0.5) is 4.39 Å². The third kappa shape index (κ3) is 7.55. The van der Waals surface area contributed by atoms with Crippen LogP contribution in [0.15, 0.2) is 24.3 Å². The minimum Gasteiger partial charge on any atom is -0.389 e. The number of halogens is 1. The van der Waals surface area contributed by atoms with Crippen LogP contribution in [-0.2, 0) is 16.1 Å². The summed E-state index contributed by atoms with van der Waals surface area (Å²) in [4.78, 5) is 0. The zero-order chi connectivity index (χ0) is 14.6. The van der Waals surface area contributed by atoms with E-state index in [0.717, 1.165) is 26.0 Å². The summed E-state index contributed by atoms with van der Waals surface area (Å²) < 4.78 is 23.6. The summed E-state index contributed by atoms with van der Waals surface area (Å²) in [5.74, 6) is -0.279. The van der Waals surface area contributed by atoms with Crippen molar-refractivity contribution in [2.24, 2.45) is 0 Å². The molecule has 2 N–H and O–H groups in total. The van der Waals surface area contributed by atoms with Gasteiger partial charge in [0.05, 0.1) is 19.3 Å². The van der Waals surface area contributed by atoms with Gasteiger partial charge in [0, 0.05) is 25.8 Å². The average molecular weight is 285 g/mol. The van der Waals surface area contributed by atoms with Crippen LogP contribution in [0.2, 0.25) is 0 Å². The minimum absolute atomic E-state index is 0.178. The number of rotatable bonds is 11. The molecule has 0 radical (unpaired) electrons. The van der Waals surface area contributed by atoms with Gasteiger partial charge in [-0.3, -0.25) is 0 Å². The molecule has 0 aliphatic heterocycles. The number of methoxy groups -OCH3 is 1. The molecule has 4 nitrogen and oxygen atoms in total. The highest BCUT2D eigenvalue weighted by atomic mass is 19.1. The van der Waals surface area contributed by atoms with Gasteiger partial charge >= 0.3 is 0 Å². The van der Waals surface area contributed by atoms with Crippen LogP contribution in [0, 0.1) is 5.82 Å². The van der Waals surface area contributed by atoms with Crippen molar-refractivity contribution in [1.82, 2.24) is 5.32 Å². The summed E-state index contributed by atoms with van der Waals surface area (Å²) in [6.45, 7) is 2.45. The van der Waals surface area contributed by atoms with E-state index in [0.29, 0.717) is 12.1 Å². The third-order valence-corrected chi connectivity index (χ3v) is 2.86. The van der Waals surface area contributed by atoms with Crippen molar-refractivity contribution in [3.63, 3.8) is 0 Å². The highest BCUT2D eigenvalue weighted by Gasteiger charge is 2.05. The Hall–Kier alpha value is -1.01. The maximum absolute atomic E-state index is 13.3. The Bertz CT molecular complexity index is 363. The van der Waals surface area contributed by atoms with Gasteiger partial charge in [0.1, 0.15) is 5.82 Å². The normalized spacial score (nSPS) is 12.6. The average Bonchev–Trinajstić information content (AvgIpc) is 2.45. The Kier molecular flexibility index (Phi) is 9.15. The fraction of sp³-hybridized carbons (Fsp3) is 0.600. The van der Waals surface area contributed by atoms with Crippen LogP contribution in [-0.4, -0.2) is 44.6 Å². The number of aliphatic hydroxyl groups is 1. The van der Waals surface area contributed by atoms with Crippen molar-refractivity contribution < 1.29 is 19.0 Å². The number of unbranched alkanes of at least 4 members (excludes halogenated alkanes) is 1. The summed E-state index contributed by atoms with van der Waals surface area (Å²) in [5.41, 5.74) is 0.507. The monoisotopic (exact) mass is 285 g/mol. The molecule has 20 heavy (non-hydrogen) atoms. The number of ether oxygens (including phenoxy) is 2. The molecule has 1 aromatic carbocycles. The Morgan fingerprint density at radius 1 is 1.30 bits per heavy atom. The van der Waals surface area contributed by atoms with Crippen LogP contribution in [0.1, 0.15) is 18.4 Å². The molecule has 1 unspecified atom stereocenters.